The number of rotatable bonds is 5. The number of likely N-dealkylation sites (tertiary alicyclic amines) is 1. The van der Waals surface area contributed by atoms with Crippen LogP contribution in [0.2, 0.25) is 0 Å². The number of hydrogen-bond donors (Lipinski definition) is 2. The molecule has 1 fully saturated rings. The third-order valence-electron chi connectivity index (χ3n) is 5.53. The number of aryl methyl sites for hydroxylation is 2. The summed E-state index contributed by atoms with van der Waals surface area (Å²) in [6, 6.07) is 2.00. The van der Waals surface area contributed by atoms with Crippen molar-refractivity contribution in [1.82, 2.24) is 9.62 Å². The quantitative estimate of drug-likeness (QED) is 0.607. The number of anilines is 1. The lowest BCUT2D eigenvalue weighted by molar-refractivity contribution is 0.195. The van der Waals surface area contributed by atoms with Crippen molar-refractivity contribution in [2.24, 2.45) is 0 Å². The average molecular weight is 382 g/mol. The summed E-state index contributed by atoms with van der Waals surface area (Å²) in [6.45, 7) is 2.27. The molecule has 0 radical (unpaired) electrons. The highest BCUT2D eigenvalue weighted by atomic mass is 35.5. The van der Waals surface area contributed by atoms with E-state index < -0.39 is 11.4 Å². The van der Waals surface area contributed by atoms with Crippen LogP contribution in [0.5, 0.6) is 0 Å². The zero-order valence-corrected chi connectivity index (χ0v) is 15.8. The van der Waals surface area contributed by atoms with Crippen LogP contribution in [-0.4, -0.2) is 46.2 Å². The van der Waals surface area contributed by atoms with Gasteiger partial charge >= 0.3 is 6.03 Å². The molecule has 4 rings (SSSR count). The Bertz CT molecular complexity index is 647. The lowest BCUT2D eigenvalue weighted by atomic mass is 9.99. The number of carbonyl (C=O) groups excluding carboxylic acids is 1. The summed E-state index contributed by atoms with van der Waals surface area (Å²) in [7, 11) is 0. The van der Waals surface area contributed by atoms with E-state index in [9.17, 15) is 9.35 Å². The Labute approximate surface area is 156 Å². The SMILES string of the molecule is O=C(Nc1c2c(cc3c1CCC3)CCC2)N[S+]([O-])C1CN(CCCl)C1. The zero-order chi connectivity index (χ0) is 17.4. The molecule has 1 aliphatic heterocycles. The van der Waals surface area contributed by atoms with Gasteiger partial charge in [-0.25, -0.2) is 4.79 Å². The van der Waals surface area contributed by atoms with Crippen LogP contribution in [0.1, 0.15) is 35.1 Å². The number of urea groups is 1. The minimum atomic E-state index is -1.35. The van der Waals surface area contributed by atoms with Crippen molar-refractivity contribution in [1.29, 1.82) is 0 Å². The number of alkyl halides is 1. The first-order valence-electron chi connectivity index (χ1n) is 9.08. The molecule has 1 saturated heterocycles. The topological polar surface area (TPSA) is 67.4 Å². The fourth-order valence-electron chi connectivity index (χ4n) is 4.24. The minimum absolute atomic E-state index is 0.00108. The number of fused-ring (bicyclic) bond motifs is 2. The van der Waals surface area contributed by atoms with E-state index in [0.717, 1.165) is 63.8 Å². The highest BCUT2D eigenvalue weighted by Crippen LogP contribution is 2.38. The first-order valence-corrected chi connectivity index (χ1v) is 10.8. The van der Waals surface area contributed by atoms with E-state index >= 15 is 0 Å². The minimum Gasteiger partial charge on any atom is -0.593 e. The van der Waals surface area contributed by atoms with Crippen LogP contribution in [0, 0.1) is 0 Å². The largest absolute Gasteiger partial charge is 0.593 e. The lowest BCUT2D eigenvalue weighted by Crippen LogP contribution is -2.58. The Kier molecular flexibility index (Phi) is 5.13. The lowest BCUT2D eigenvalue weighted by Gasteiger charge is -2.37. The summed E-state index contributed by atoms with van der Waals surface area (Å²) >= 11 is 4.36. The summed E-state index contributed by atoms with van der Waals surface area (Å²) in [6.07, 6.45) is 6.55. The van der Waals surface area contributed by atoms with Crippen molar-refractivity contribution in [2.45, 2.75) is 43.8 Å². The Morgan fingerprint density at radius 3 is 2.44 bits per heavy atom. The van der Waals surface area contributed by atoms with Gasteiger partial charge in [-0.3, -0.25) is 4.90 Å². The van der Waals surface area contributed by atoms with Crippen molar-refractivity contribution in [2.75, 3.05) is 30.8 Å². The molecule has 0 spiro atoms. The second-order valence-electron chi connectivity index (χ2n) is 7.16. The number of carbonyl (C=O) groups is 1. The van der Waals surface area contributed by atoms with Gasteiger partial charge in [0, 0.05) is 18.1 Å². The number of hydrogen-bond acceptors (Lipinski definition) is 3. The standard InChI is InChI=1S/C18H24ClN3O2S/c19-7-8-22-10-14(11-22)25(24)21-18(23)20-17-15-5-1-3-12(15)9-13-4-2-6-16(13)17/h9,14H,1-8,10-11H2,(H2,20,21,23). The van der Waals surface area contributed by atoms with Crippen LogP contribution in [-0.2, 0) is 37.0 Å². The van der Waals surface area contributed by atoms with Gasteiger partial charge in [0.25, 0.3) is 0 Å². The van der Waals surface area contributed by atoms with Gasteiger partial charge in [-0.05, 0) is 60.8 Å². The summed E-state index contributed by atoms with van der Waals surface area (Å²) in [5.41, 5.74) is 6.34. The number of benzene rings is 1. The number of halogens is 1. The van der Waals surface area contributed by atoms with Gasteiger partial charge in [-0.15, -0.1) is 11.6 Å². The van der Waals surface area contributed by atoms with Crippen molar-refractivity contribution in [3.63, 3.8) is 0 Å². The van der Waals surface area contributed by atoms with Gasteiger partial charge in [-0.2, -0.15) is 4.72 Å². The second kappa shape index (κ2) is 7.35. The monoisotopic (exact) mass is 381 g/mol. The summed E-state index contributed by atoms with van der Waals surface area (Å²) < 4.78 is 15.0. The fraction of sp³-hybridized carbons (Fsp3) is 0.611. The molecular weight excluding hydrogens is 358 g/mol. The third-order valence-corrected chi connectivity index (χ3v) is 6.99. The van der Waals surface area contributed by atoms with Crippen LogP contribution < -0.4 is 10.0 Å². The zero-order valence-electron chi connectivity index (χ0n) is 14.3. The molecule has 1 heterocycles. The predicted octanol–water partition coefficient (Wildman–Crippen LogP) is 2.37. The van der Waals surface area contributed by atoms with Crippen LogP contribution in [0.15, 0.2) is 6.07 Å². The van der Waals surface area contributed by atoms with Crippen molar-refractivity contribution in [3.05, 3.63) is 28.3 Å². The van der Waals surface area contributed by atoms with Gasteiger partial charge in [-0.1, -0.05) is 6.07 Å². The number of nitrogens with one attached hydrogen (secondary N) is 2. The normalized spacial score (nSPS) is 20.7. The van der Waals surface area contributed by atoms with Crippen LogP contribution in [0.4, 0.5) is 10.5 Å². The Morgan fingerprint density at radius 2 is 1.84 bits per heavy atom. The highest BCUT2D eigenvalue weighted by molar-refractivity contribution is 7.90. The maximum Gasteiger partial charge on any atom is 0.360 e. The molecule has 0 aromatic heterocycles. The van der Waals surface area contributed by atoms with E-state index in [4.69, 9.17) is 11.6 Å². The van der Waals surface area contributed by atoms with Crippen LogP contribution in [0.25, 0.3) is 0 Å². The molecule has 5 nitrogen and oxygen atoms in total. The first-order chi connectivity index (χ1) is 12.2. The van der Waals surface area contributed by atoms with E-state index in [1.54, 1.807) is 0 Å². The molecule has 136 valence electrons. The molecule has 0 bridgehead atoms. The smallest absolute Gasteiger partial charge is 0.360 e. The number of amides is 2. The van der Waals surface area contributed by atoms with Crippen molar-refractivity contribution < 1.29 is 9.35 Å². The van der Waals surface area contributed by atoms with E-state index in [-0.39, 0.29) is 11.3 Å². The van der Waals surface area contributed by atoms with Gasteiger partial charge in [0.15, 0.2) is 5.25 Å². The van der Waals surface area contributed by atoms with Gasteiger partial charge in [0.1, 0.15) is 0 Å². The third kappa shape index (κ3) is 3.50. The highest BCUT2D eigenvalue weighted by Gasteiger charge is 2.37. The van der Waals surface area contributed by atoms with Crippen LogP contribution >= 0.6 is 11.6 Å². The Balaban J connectivity index is 1.40. The van der Waals surface area contributed by atoms with Crippen molar-refractivity contribution >= 4 is 34.7 Å². The summed E-state index contributed by atoms with van der Waals surface area (Å²) in [4.78, 5) is 14.6. The molecule has 3 aliphatic rings. The summed E-state index contributed by atoms with van der Waals surface area (Å²) in [5, 5.41) is 3.04. The first kappa shape index (κ1) is 17.5. The van der Waals surface area contributed by atoms with E-state index in [1.165, 1.54) is 22.3 Å². The molecule has 25 heavy (non-hydrogen) atoms. The molecule has 1 unspecified atom stereocenters. The molecule has 7 heteroatoms. The Hall–Kier alpha value is -0.950. The molecule has 1 atom stereocenters. The molecular formula is C18H24ClN3O2S. The Morgan fingerprint density at radius 1 is 1.20 bits per heavy atom. The average Bonchev–Trinajstić information content (AvgIpc) is 3.18. The molecule has 2 aliphatic carbocycles. The van der Waals surface area contributed by atoms with Gasteiger partial charge in [0.2, 0.25) is 0 Å². The van der Waals surface area contributed by atoms with E-state index in [1.807, 2.05) is 0 Å². The number of nitrogens with zero attached hydrogens (tertiary/aromatic N) is 1. The molecule has 2 N–H and O–H groups in total. The van der Waals surface area contributed by atoms with E-state index in [0.29, 0.717) is 5.88 Å². The van der Waals surface area contributed by atoms with Gasteiger partial charge < -0.3 is 9.87 Å². The molecule has 1 aromatic carbocycles. The second-order valence-corrected chi connectivity index (χ2v) is 9.00. The molecule has 1 aromatic rings. The molecule has 0 saturated carbocycles. The van der Waals surface area contributed by atoms with E-state index in [2.05, 4.69) is 21.0 Å². The van der Waals surface area contributed by atoms with Crippen molar-refractivity contribution in [3.8, 4) is 0 Å². The fourth-order valence-corrected chi connectivity index (χ4v) is 5.57. The molecule has 2 amide bonds. The maximum atomic E-state index is 12.4. The summed E-state index contributed by atoms with van der Waals surface area (Å²) in [5.74, 6) is 0.581. The van der Waals surface area contributed by atoms with Gasteiger partial charge in [0.05, 0.1) is 24.5 Å². The maximum absolute atomic E-state index is 12.4. The predicted molar refractivity (Wildman–Crippen MR) is 102 cm³/mol. The van der Waals surface area contributed by atoms with Crippen LogP contribution in [0.3, 0.4) is 0 Å².